The summed E-state index contributed by atoms with van der Waals surface area (Å²) in [5, 5.41) is 5.66. The van der Waals surface area contributed by atoms with E-state index in [1.165, 1.54) is 0 Å². The largest absolute Gasteiger partial charge is 0.0919 e. The summed E-state index contributed by atoms with van der Waals surface area (Å²) in [7, 11) is 0. The zero-order chi connectivity index (χ0) is 11.2. The van der Waals surface area contributed by atoms with Crippen LogP contribution in [0.25, 0.3) is 21.2 Å². The molecule has 0 heterocycles. The number of hydrogen-bond acceptors (Lipinski definition) is 1. The molecule has 2 aromatic carbocycles. The molecule has 0 fully saturated rings. The maximum absolute atomic E-state index is 8.13. The van der Waals surface area contributed by atoms with Crippen molar-refractivity contribution in [2.24, 2.45) is 5.11 Å². The monoisotopic (exact) mass is 207 g/mol. The van der Waals surface area contributed by atoms with E-state index in [1.54, 1.807) is 0 Å². The van der Waals surface area contributed by atoms with Gasteiger partial charge in [-0.3, -0.25) is 0 Å². The van der Waals surface area contributed by atoms with Crippen molar-refractivity contribution < 1.29 is 0 Å². The Bertz CT molecular complexity index is 608. The normalized spacial score (nSPS) is 9.00. The summed E-state index contributed by atoms with van der Waals surface area (Å²) in [5.41, 5.74) is 9.09. The molecular formula is C13H9N3. The number of benzene rings is 2. The Morgan fingerprint density at radius 3 is 2.81 bits per heavy atom. The highest BCUT2D eigenvalue weighted by molar-refractivity contribution is 5.88. The van der Waals surface area contributed by atoms with Gasteiger partial charge in [0.2, 0.25) is 0 Å². The van der Waals surface area contributed by atoms with Crippen molar-refractivity contribution in [3.63, 3.8) is 0 Å². The molecule has 0 N–H and O–H groups in total. The van der Waals surface area contributed by atoms with Crippen LogP contribution >= 0.6 is 0 Å². The lowest BCUT2D eigenvalue weighted by molar-refractivity contribution is 1.25. The summed E-state index contributed by atoms with van der Waals surface area (Å²) in [6.45, 7) is 0.208. The van der Waals surface area contributed by atoms with Gasteiger partial charge in [-0.25, -0.2) is 0 Å². The smallest absolute Gasteiger partial charge is 0.0880 e. The van der Waals surface area contributed by atoms with Crippen LogP contribution < -0.4 is 0 Å². The maximum Gasteiger partial charge on any atom is 0.0880 e. The van der Waals surface area contributed by atoms with Crippen molar-refractivity contribution >= 4 is 10.8 Å². The Morgan fingerprint density at radius 1 is 1.12 bits per heavy atom. The lowest BCUT2D eigenvalue weighted by atomic mass is 10.1. The van der Waals surface area contributed by atoms with E-state index >= 15 is 0 Å². The van der Waals surface area contributed by atoms with Crippen LogP contribution in [-0.4, -0.2) is 6.54 Å². The van der Waals surface area contributed by atoms with Gasteiger partial charge in [0, 0.05) is 10.5 Å². The Balaban J connectivity index is 2.43. The summed E-state index contributed by atoms with van der Waals surface area (Å²) in [6.07, 6.45) is 0. The van der Waals surface area contributed by atoms with Gasteiger partial charge in [0.05, 0.1) is 6.54 Å². The fraction of sp³-hybridized carbons (Fsp3) is 0.0769. The molecule has 0 saturated heterocycles. The minimum absolute atomic E-state index is 0.208. The lowest BCUT2D eigenvalue weighted by Crippen LogP contribution is -1.79. The third-order valence-electron chi connectivity index (χ3n) is 2.23. The zero-order valence-electron chi connectivity index (χ0n) is 8.59. The van der Waals surface area contributed by atoms with E-state index in [9.17, 15) is 0 Å². The van der Waals surface area contributed by atoms with Crippen LogP contribution in [-0.2, 0) is 0 Å². The molecule has 16 heavy (non-hydrogen) atoms. The van der Waals surface area contributed by atoms with E-state index in [0.29, 0.717) is 0 Å². The minimum atomic E-state index is 0.208. The first-order valence-electron chi connectivity index (χ1n) is 4.89. The van der Waals surface area contributed by atoms with E-state index in [1.807, 2.05) is 42.5 Å². The van der Waals surface area contributed by atoms with Crippen LogP contribution in [0.15, 0.2) is 47.6 Å². The topological polar surface area (TPSA) is 48.8 Å². The molecule has 3 heteroatoms. The first kappa shape index (κ1) is 10.1. The molecule has 0 radical (unpaired) electrons. The van der Waals surface area contributed by atoms with Crippen LogP contribution in [0.5, 0.6) is 0 Å². The van der Waals surface area contributed by atoms with Gasteiger partial charge in [-0.2, -0.15) is 0 Å². The van der Waals surface area contributed by atoms with Crippen LogP contribution in [0, 0.1) is 11.8 Å². The molecule has 2 rings (SSSR count). The molecule has 0 unspecified atom stereocenters. The van der Waals surface area contributed by atoms with Crippen molar-refractivity contribution in [2.45, 2.75) is 0 Å². The number of azide groups is 1. The predicted octanol–water partition coefficient (Wildman–Crippen LogP) is 3.50. The quantitative estimate of drug-likeness (QED) is 0.297. The predicted molar refractivity (Wildman–Crippen MR) is 64.8 cm³/mol. The van der Waals surface area contributed by atoms with Crippen LogP contribution in [0.4, 0.5) is 0 Å². The molecule has 0 aliphatic rings. The Hall–Kier alpha value is -2.43. The minimum Gasteiger partial charge on any atom is -0.0919 e. The van der Waals surface area contributed by atoms with Gasteiger partial charge in [0.15, 0.2) is 0 Å². The van der Waals surface area contributed by atoms with Crippen molar-refractivity contribution in [1.82, 2.24) is 0 Å². The average molecular weight is 207 g/mol. The Labute approximate surface area is 93.3 Å². The van der Waals surface area contributed by atoms with E-state index in [4.69, 9.17) is 5.53 Å². The fourth-order valence-corrected chi connectivity index (χ4v) is 1.54. The summed E-state index contributed by atoms with van der Waals surface area (Å²) >= 11 is 0. The standard InChI is InChI=1S/C13H9N3/c14-16-15-10-4-8-12-7-3-6-11-5-1-2-9-13(11)12/h1-3,5-7,9H,10H2. The summed E-state index contributed by atoms with van der Waals surface area (Å²) in [6, 6.07) is 14.1. The van der Waals surface area contributed by atoms with E-state index < -0.39 is 0 Å². The van der Waals surface area contributed by atoms with Crippen molar-refractivity contribution in [3.8, 4) is 11.8 Å². The first-order chi connectivity index (χ1) is 7.92. The molecule has 2 aromatic rings. The number of hydrogen-bond donors (Lipinski definition) is 0. The molecule has 0 spiro atoms. The Morgan fingerprint density at radius 2 is 1.94 bits per heavy atom. The van der Waals surface area contributed by atoms with Gasteiger partial charge in [-0.05, 0) is 22.4 Å². The third-order valence-corrected chi connectivity index (χ3v) is 2.23. The highest BCUT2D eigenvalue weighted by Crippen LogP contribution is 2.17. The van der Waals surface area contributed by atoms with Crippen molar-refractivity contribution in [2.75, 3.05) is 6.54 Å². The highest BCUT2D eigenvalue weighted by Gasteiger charge is 1.95. The molecule has 0 saturated carbocycles. The number of nitrogens with zero attached hydrogens (tertiary/aromatic N) is 3. The molecule has 0 aromatic heterocycles. The van der Waals surface area contributed by atoms with Gasteiger partial charge in [0.25, 0.3) is 0 Å². The van der Waals surface area contributed by atoms with E-state index in [0.717, 1.165) is 16.3 Å². The molecule has 0 bridgehead atoms. The van der Waals surface area contributed by atoms with Crippen molar-refractivity contribution in [1.29, 1.82) is 0 Å². The van der Waals surface area contributed by atoms with E-state index in [2.05, 4.69) is 21.9 Å². The van der Waals surface area contributed by atoms with Gasteiger partial charge in [0.1, 0.15) is 0 Å². The molecule has 0 aliphatic carbocycles. The summed E-state index contributed by atoms with van der Waals surface area (Å²) < 4.78 is 0. The maximum atomic E-state index is 8.13. The second kappa shape index (κ2) is 4.88. The van der Waals surface area contributed by atoms with Crippen LogP contribution in [0.2, 0.25) is 0 Å². The molecule has 76 valence electrons. The third kappa shape index (κ3) is 2.14. The number of fused-ring (bicyclic) bond motifs is 1. The van der Waals surface area contributed by atoms with Crippen molar-refractivity contribution in [3.05, 3.63) is 58.5 Å². The van der Waals surface area contributed by atoms with Gasteiger partial charge in [-0.15, -0.1) is 0 Å². The number of rotatable bonds is 1. The summed E-state index contributed by atoms with van der Waals surface area (Å²) in [4.78, 5) is 2.65. The lowest BCUT2D eigenvalue weighted by Gasteiger charge is -1.98. The second-order valence-electron chi connectivity index (χ2n) is 3.22. The van der Waals surface area contributed by atoms with Gasteiger partial charge in [-0.1, -0.05) is 53.4 Å². The highest BCUT2D eigenvalue weighted by atomic mass is 15.1. The SMILES string of the molecule is [N-]=[N+]=NCC#Cc1cccc2ccccc12. The molecule has 0 aliphatic heterocycles. The van der Waals surface area contributed by atoms with Gasteiger partial charge >= 0.3 is 0 Å². The second-order valence-corrected chi connectivity index (χ2v) is 3.22. The zero-order valence-corrected chi connectivity index (χ0v) is 8.59. The summed E-state index contributed by atoms with van der Waals surface area (Å²) in [5.74, 6) is 5.83. The molecule has 0 amide bonds. The van der Waals surface area contributed by atoms with E-state index in [-0.39, 0.29) is 6.54 Å². The molecule has 0 atom stereocenters. The Kier molecular flexibility index (Phi) is 3.08. The molecule has 3 nitrogen and oxygen atoms in total. The fourth-order valence-electron chi connectivity index (χ4n) is 1.54. The van der Waals surface area contributed by atoms with Crippen LogP contribution in [0.3, 0.4) is 0 Å². The van der Waals surface area contributed by atoms with Gasteiger partial charge < -0.3 is 0 Å². The first-order valence-corrected chi connectivity index (χ1v) is 4.89. The van der Waals surface area contributed by atoms with Crippen LogP contribution in [0.1, 0.15) is 5.56 Å². The average Bonchev–Trinajstić information content (AvgIpc) is 2.35. The molecular weight excluding hydrogens is 198 g/mol.